The van der Waals surface area contributed by atoms with Crippen molar-refractivity contribution in [3.05, 3.63) is 39.9 Å². The first-order valence-electron chi connectivity index (χ1n) is 2.88. The van der Waals surface area contributed by atoms with Gasteiger partial charge in [-0.1, -0.05) is 0 Å². The number of nitro groups is 1. The fourth-order valence-corrected chi connectivity index (χ4v) is 0.726. The lowest BCUT2D eigenvalue weighted by Gasteiger charge is -2.04. The highest BCUT2D eigenvalue weighted by atomic mass is 19.1. The van der Waals surface area contributed by atoms with Crippen LogP contribution in [-0.4, -0.2) is 10.0 Å². The molecule has 59 valence electrons. The van der Waals surface area contributed by atoms with Gasteiger partial charge in [0.25, 0.3) is 0 Å². The second-order valence-electron chi connectivity index (χ2n) is 2.03. The SMILES string of the molecule is O=[N+]([O-])C1=C(O)[CH]CC(F)=C1. The largest absolute Gasteiger partial charge is 0.506 e. The second kappa shape index (κ2) is 2.69. The van der Waals surface area contributed by atoms with E-state index in [9.17, 15) is 14.5 Å². The van der Waals surface area contributed by atoms with Crippen molar-refractivity contribution in [2.24, 2.45) is 0 Å². The highest BCUT2D eigenvalue weighted by Crippen LogP contribution is 2.21. The number of allylic oxidation sites excluding steroid dienone is 3. The average molecular weight is 158 g/mol. The Morgan fingerprint density at radius 1 is 1.73 bits per heavy atom. The lowest BCUT2D eigenvalue weighted by atomic mass is 10.1. The molecule has 0 unspecified atom stereocenters. The van der Waals surface area contributed by atoms with Crippen LogP contribution in [0.25, 0.3) is 0 Å². The van der Waals surface area contributed by atoms with Crippen LogP contribution in [0.4, 0.5) is 4.39 Å². The summed E-state index contributed by atoms with van der Waals surface area (Å²) in [5.74, 6) is -1.09. The zero-order valence-electron chi connectivity index (χ0n) is 5.45. The molecule has 4 nitrogen and oxygen atoms in total. The molecule has 0 fully saturated rings. The first kappa shape index (κ1) is 7.71. The molecule has 1 aliphatic carbocycles. The van der Waals surface area contributed by atoms with Crippen LogP contribution in [0.1, 0.15) is 6.42 Å². The van der Waals surface area contributed by atoms with Gasteiger partial charge in [-0.3, -0.25) is 10.1 Å². The van der Waals surface area contributed by atoms with Crippen molar-refractivity contribution >= 4 is 0 Å². The van der Waals surface area contributed by atoms with E-state index in [0.29, 0.717) is 0 Å². The quantitative estimate of drug-likeness (QED) is 0.464. The molecule has 0 saturated heterocycles. The molecule has 1 rings (SSSR count). The number of aliphatic hydroxyl groups is 1. The molecule has 0 atom stereocenters. The van der Waals surface area contributed by atoms with Crippen molar-refractivity contribution in [3.8, 4) is 0 Å². The van der Waals surface area contributed by atoms with Gasteiger partial charge < -0.3 is 5.11 Å². The Balaban J connectivity index is 2.98. The minimum absolute atomic E-state index is 0.0802. The highest BCUT2D eigenvalue weighted by Gasteiger charge is 2.21. The number of aliphatic hydroxyl groups excluding tert-OH is 1. The molecule has 11 heavy (non-hydrogen) atoms. The van der Waals surface area contributed by atoms with Gasteiger partial charge in [-0.15, -0.1) is 0 Å². The molecule has 0 aliphatic heterocycles. The van der Waals surface area contributed by atoms with Crippen LogP contribution in [-0.2, 0) is 0 Å². The fourth-order valence-electron chi connectivity index (χ4n) is 0.726. The zero-order valence-corrected chi connectivity index (χ0v) is 5.45. The number of nitrogens with zero attached hydrogens (tertiary/aromatic N) is 1. The monoisotopic (exact) mass is 158 g/mol. The summed E-state index contributed by atoms with van der Waals surface area (Å²) in [6.45, 7) is 0. The smallest absolute Gasteiger partial charge is 0.309 e. The van der Waals surface area contributed by atoms with Crippen LogP contribution in [0.15, 0.2) is 23.4 Å². The summed E-state index contributed by atoms with van der Waals surface area (Å²) in [6.07, 6.45) is 1.70. The minimum Gasteiger partial charge on any atom is -0.506 e. The molecular formula is C6H5FNO3. The Hall–Kier alpha value is -1.39. The molecule has 0 saturated carbocycles. The summed E-state index contributed by atoms with van der Waals surface area (Å²) in [6, 6.07) is 0. The van der Waals surface area contributed by atoms with Gasteiger partial charge in [-0.2, -0.15) is 0 Å². The van der Waals surface area contributed by atoms with E-state index in [2.05, 4.69) is 0 Å². The normalized spacial score (nSPS) is 18.1. The molecule has 0 aromatic rings. The van der Waals surface area contributed by atoms with E-state index in [1.165, 1.54) is 0 Å². The maximum atomic E-state index is 12.3. The second-order valence-corrected chi connectivity index (χ2v) is 2.03. The van der Waals surface area contributed by atoms with Gasteiger partial charge in [0, 0.05) is 12.8 Å². The third kappa shape index (κ3) is 1.54. The van der Waals surface area contributed by atoms with E-state index < -0.39 is 22.2 Å². The van der Waals surface area contributed by atoms with E-state index in [1.54, 1.807) is 0 Å². The summed E-state index contributed by atoms with van der Waals surface area (Å²) in [5, 5.41) is 18.9. The summed E-state index contributed by atoms with van der Waals surface area (Å²) in [7, 11) is 0. The van der Waals surface area contributed by atoms with Crippen LogP contribution < -0.4 is 0 Å². The van der Waals surface area contributed by atoms with Crippen molar-refractivity contribution in [2.75, 3.05) is 0 Å². The topological polar surface area (TPSA) is 63.4 Å². The number of halogens is 1. The molecular weight excluding hydrogens is 153 g/mol. The first-order valence-corrected chi connectivity index (χ1v) is 2.88. The van der Waals surface area contributed by atoms with E-state index in [-0.39, 0.29) is 6.42 Å². The average Bonchev–Trinajstić information content (AvgIpc) is 1.94. The highest BCUT2D eigenvalue weighted by molar-refractivity contribution is 5.28. The van der Waals surface area contributed by atoms with Crippen LogP contribution in [0.2, 0.25) is 0 Å². The molecule has 0 spiro atoms. The third-order valence-corrected chi connectivity index (χ3v) is 1.24. The third-order valence-electron chi connectivity index (χ3n) is 1.24. The van der Waals surface area contributed by atoms with Gasteiger partial charge in [0.1, 0.15) is 5.83 Å². The van der Waals surface area contributed by atoms with Gasteiger partial charge in [0.05, 0.1) is 11.0 Å². The Kier molecular flexibility index (Phi) is 1.89. The Morgan fingerprint density at radius 3 is 2.82 bits per heavy atom. The first-order chi connectivity index (χ1) is 5.11. The Labute approximate surface area is 61.8 Å². The van der Waals surface area contributed by atoms with E-state index in [4.69, 9.17) is 5.11 Å². The molecule has 1 radical (unpaired) electrons. The predicted octanol–water partition coefficient (Wildman–Crippen LogP) is 1.49. The van der Waals surface area contributed by atoms with Gasteiger partial charge in [0.2, 0.25) is 0 Å². The summed E-state index contributed by atoms with van der Waals surface area (Å²) < 4.78 is 12.3. The predicted molar refractivity (Wildman–Crippen MR) is 34.8 cm³/mol. The van der Waals surface area contributed by atoms with Gasteiger partial charge in [-0.05, 0) is 0 Å². The molecule has 1 aliphatic rings. The lowest BCUT2D eigenvalue weighted by Crippen LogP contribution is -2.05. The van der Waals surface area contributed by atoms with Crippen molar-refractivity contribution in [1.29, 1.82) is 0 Å². The maximum absolute atomic E-state index is 12.3. The Morgan fingerprint density at radius 2 is 2.36 bits per heavy atom. The molecule has 0 aromatic heterocycles. The van der Waals surface area contributed by atoms with E-state index >= 15 is 0 Å². The van der Waals surface area contributed by atoms with Gasteiger partial charge in [-0.25, -0.2) is 4.39 Å². The van der Waals surface area contributed by atoms with Gasteiger partial charge >= 0.3 is 5.70 Å². The summed E-state index contributed by atoms with van der Waals surface area (Å²) in [4.78, 5) is 9.24. The van der Waals surface area contributed by atoms with E-state index in [0.717, 1.165) is 12.5 Å². The van der Waals surface area contributed by atoms with Gasteiger partial charge in [0.15, 0.2) is 5.76 Å². The molecule has 0 heterocycles. The van der Waals surface area contributed by atoms with Crippen molar-refractivity contribution in [1.82, 2.24) is 0 Å². The Bertz CT molecular complexity index is 257. The molecule has 0 bridgehead atoms. The summed E-state index contributed by atoms with van der Waals surface area (Å²) >= 11 is 0. The van der Waals surface area contributed by atoms with Crippen LogP contribution in [0.3, 0.4) is 0 Å². The molecule has 0 amide bonds. The summed E-state index contributed by atoms with van der Waals surface area (Å²) in [5.41, 5.74) is -0.589. The lowest BCUT2D eigenvalue weighted by molar-refractivity contribution is -0.422. The van der Waals surface area contributed by atoms with Crippen molar-refractivity contribution in [2.45, 2.75) is 6.42 Å². The fraction of sp³-hybridized carbons (Fsp3) is 0.167. The molecule has 1 N–H and O–H groups in total. The number of hydrogen-bond donors (Lipinski definition) is 1. The minimum atomic E-state index is -0.829. The van der Waals surface area contributed by atoms with Crippen LogP contribution in [0.5, 0.6) is 0 Å². The maximum Gasteiger partial charge on any atom is 0.309 e. The zero-order chi connectivity index (χ0) is 8.43. The van der Waals surface area contributed by atoms with E-state index in [1.807, 2.05) is 0 Å². The standard InChI is InChI=1S/C6H5FNO3/c7-4-1-2-6(9)5(3-4)8(10)11/h2-3,9H,1H2. The van der Waals surface area contributed by atoms with Crippen LogP contribution >= 0.6 is 0 Å². The van der Waals surface area contributed by atoms with Crippen LogP contribution in [0, 0.1) is 16.5 Å². The van der Waals surface area contributed by atoms with Crippen molar-refractivity contribution in [3.63, 3.8) is 0 Å². The van der Waals surface area contributed by atoms with Crippen molar-refractivity contribution < 1.29 is 14.4 Å². The number of rotatable bonds is 1. The molecule has 5 heteroatoms. The number of hydrogen-bond acceptors (Lipinski definition) is 3. The molecule has 0 aromatic carbocycles.